The van der Waals surface area contributed by atoms with Gasteiger partial charge in [-0.2, -0.15) is 0 Å². The summed E-state index contributed by atoms with van der Waals surface area (Å²) in [6.07, 6.45) is 3.65. The summed E-state index contributed by atoms with van der Waals surface area (Å²) in [6, 6.07) is 11.6. The second-order valence-electron chi connectivity index (χ2n) is 6.30. The standard InChI is InChI=1S/C18H20N2O2/c1-20-11-8-13(9-12-20)18(21)14-5-2-3-7-16(14)22-17-15(18)6-4-10-19-17/h2-7,10,13,21H,8-9,11-12H2,1H3/t18-/m0/s1. The van der Waals surface area contributed by atoms with Gasteiger partial charge >= 0.3 is 0 Å². The van der Waals surface area contributed by atoms with Gasteiger partial charge in [0, 0.05) is 11.8 Å². The molecule has 0 saturated carbocycles. The first-order valence-corrected chi connectivity index (χ1v) is 7.83. The third kappa shape index (κ3) is 1.95. The van der Waals surface area contributed by atoms with Crippen molar-refractivity contribution < 1.29 is 9.84 Å². The van der Waals surface area contributed by atoms with Crippen molar-refractivity contribution in [2.75, 3.05) is 20.1 Å². The normalized spacial score (nSPS) is 25.2. The zero-order chi connectivity index (χ0) is 15.2. The highest BCUT2D eigenvalue weighted by Crippen LogP contribution is 2.51. The summed E-state index contributed by atoms with van der Waals surface area (Å²) in [7, 11) is 2.13. The van der Waals surface area contributed by atoms with Crippen molar-refractivity contribution in [3.63, 3.8) is 0 Å². The smallest absolute Gasteiger partial charge is 0.225 e. The van der Waals surface area contributed by atoms with Gasteiger partial charge in [-0.15, -0.1) is 0 Å². The van der Waals surface area contributed by atoms with Crippen LogP contribution in [0, 0.1) is 5.92 Å². The second-order valence-corrected chi connectivity index (χ2v) is 6.30. The van der Waals surface area contributed by atoms with Crippen LogP contribution in [0.4, 0.5) is 0 Å². The van der Waals surface area contributed by atoms with Crippen LogP contribution in [0.2, 0.25) is 0 Å². The van der Waals surface area contributed by atoms with Crippen LogP contribution in [-0.2, 0) is 5.60 Å². The molecule has 0 bridgehead atoms. The van der Waals surface area contributed by atoms with Crippen molar-refractivity contribution >= 4 is 0 Å². The number of nitrogens with zero attached hydrogens (tertiary/aromatic N) is 2. The maximum atomic E-state index is 11.7. The van der Waals surface area contributed by atoms with Gasteiger partial charge in [0.05, 0.1) is 5.56 Å². The van der Waals surface area contributed by atoms with Gasteiger partial charge in [0.25, 0.3) is 0 Å². The molecule has 1 N–H and O–H groups in total. The van der Waals surface area contributed by atoms with Crippen LogP contribution in [0.25, 0.3) is 0 Å². The summed E-state index contributed by atoms with van der Waals surface area (Å²) in [6.45, 7) is 2.01. The summed E-state index contributed by atoms with van der Waals surface area (Å²) in [5.41, 5.74) is 0.646. The molecule has 1 saturated heterocycles. The van der Waals surface area contributed by atoms with Crippen molar-refractivity contribution in [2.45, 2.75) is 18.4 Å². The van der Waals surface area contributed by atoms with Crippen molar-refractivity contribution in [3.8, 4) is 11.6 Å². The molecule has 2 aliphatic rings. The number of benzene rings is 1. The van der Waals surface area contributed by atoms with E-state index < -0.39 is 5.60 Å². The van der Waals surface area contributed by atoms with E-state index in [1.165, 1.54) is 0 Å². The van der Waals surface area contributed by atoms with Gasteiger partial charge < -0.3 is 14.7 Å². The van der Waals surface area contributed by atoms with E-state index in [0.29, 0.717) is 5.88 Å². The minimum absolute atomic E-state index is 0.177. The number of aromatic nitrogens is 1. The van der Waals surface area contributed by atoms with E-state index >= 15 is 0 Å². The van der Waals surface area contributed by atoms with Gasteiger partial charge in [-0.05, 0) is 57.1 Å². The van der Waals surface area contributed by atoms with Gasteiger partial charge in [-0.1, -0.05) is 18.2 Å². The minimum atomic E-state index is -1.01. The number of likely N-dealkylation sites (tertiary alicyclic amines) is 1. The average molecular weight is 296 g/mol. The second kappa shape index (κ2) is 5.07. The van der Waals surface area contributed by atoms with E-state index in [4.69, 9.17) is 4.74 Å². The molecule has 1 atom stereocenters. The van der Waals surface area contributed by atoms with Crippen molar-refractivity contribution in [1.29, 1.82) is 0 Å². The van der Waals surface area contributed by atoms with Gasteiger partial charge in [-0.25, -0.2) is 4.98 Å². The van der Waals surface area contributed by atoms with E-state index in [0.717, 1.165) is 42.8 Å². The molecule has 114 valence electrons. The van der Waals surface area contributed by atoms with Crippen molar-refractivity contribution in [2.24, 2.45) is 5.92 Å². The Balaban J connectivity index is 1.87. The molecule has 2 aliphatic heterocycles. The Labute approximate surface area is 130 Å². The van der Waals surface area contributed by atoms with Gasteiger partial charge in [-0.3, -0.25) is 0 Å². The predicted octanol–water partition coefficient (Wildman–Crippen LogP) is 2.77. The lowest BCUT2D eigenvalue weighted by atomic mass is 9.71. The van der Waals surface area contributed by atoms with Crippen LogP contribution in [0.15, 0.2) is 42.6 Å². The number of hydrogen-bond donors (Lipinski definition) is 1. The highest BCUT2D eigenvalue weighted by atomic mass is 16.5. The number of aliphatic hydroxyl groups is 1. The van der Waals surface area contributed by atoms with Gasteiger partial charge in [0.2, 0.25) is 5.88 Å². The Bertz CT molecular complexity index is 647. The van der Waals surface area contributed by atoms with E-state index in [9.17, 15) is 5.11 Å². The highest BCUT2D eigenvalue weighted by molar-refractivity contribution is 5.53. The topological polar surface area (TPSA) is 45.6 Å². The molecule has 0 unspecified atom stereocenters. The number of para-hydroxylation sites is 1. The monoisotopic (exact) mass is 296 g/mol. The Morgan fingerprint density at radius 1 is 1.14 bits per heavy atom. The first-order valence-electron chi connectivity index (χ1n) is 7.83. The van der Waals surface area contributed by atoms with Crippen LogP contribution in [0.1, 0.15) is 24.0 Å². The summed E-state index contributed by atoms with van der Waals surface area (Å²) < 4.78 is 5.90. The number of rotatable bonds is 1. The maximum absolute atomic E-state index is 11.7. The van der Waals surface area contributed by atoms with E-state index in [-0.39, 0.29) is 5.92 Å². The number of piperidine rings is 1. The molecule has 4 nitrogen and oxygen atoms in total. The molecule has 1 aromatic carbocycles. The van der Waals surface area contributed by atoms with Crippen LogP contribution < -0.4 is 4.74 Å². The van der Waals surface area contributed by atoms with Crippen LogP contribution in [0.5, 0.6) is 11.6 Å². The molecule has 4 heteroatoms. The SMILES string of the molecule is CN1CCC([C@]2(O)c3ccccc3Oc3ncccc32)CC1. The zero-order valence-corrected chi connectivity index (χ0v) is 12.7. The maximum Gasteiger partial charge on any atom is 0.225 e. The zero-order valence-electron chi connectivity index (χ0n) is 12.7. The van der Waals surface area contributed by atoms with Crippen molar-refractivity contribution in [1.82, 2.24) is 9.88 Å². The first-order chi connectivity index (χ1) is 10.7. The largest absolute Gasteiger partial charge is 0.438 e. The quantitative estimate of drug-likeness (QED) is 0.879. The number of ether oxygens (including phenoxy) is 1. The lowest BCUT2D eigenvalue weighted by Gasteiger charge is -2.43. The third-order valence-corrected chi connectivity index (χ3v) is 5.00. The highest BCUT2D eigenvalue weighted by Gasteiger charge is 2.47. The predicted molar refractivity (Wildman–Crippen MR) is 84.0 cm³/mol. The average Bonchev–Trinajstić information content (AvgIpc) is 2.56. The number of fused-ring (bicyclic) bond motifs is 2. The summed E-state index contributed by atoms with van der Waals surface area (Å²) >= 11 is 0. The Morgan fingerprint density at radius 3 is 2.68 bits per heavy atom. The Hall–Kier alpha value is -1.91. The number of pyridine rings is 1. The Morgan fingerprint density at radius 2 is 1.86 bits per heavy atom. The summed E-state index contributed by atoms with van der Waals surface area (Å²) in [5, 5.41) is 11.7. The molecule has 2 aromatic rings. The lowest BCUT2D eigenvalue weighted by Crippen LogP contribution is -2.44. The molecule has 3 heterocycles. The van der Waals surface area contributed by atoms with E-state index in [1.54, 1.807) is 6.20 Å². The molecule has 0 aliphatic carbocycles. The van der Waals surface area contributed by atoms with E-state index in [1.807, 2.05) is 36.4 Å². The Kier molecular flexibility index (Phi) is 3.17. The fourth-order valence-electron chi connectivity index (χ4n) is 3.75. The van der Waals surface area contributed by atoms with Crippen molar-refractivity contribution in [3.05, 3.63) is 53.7 Å². The third-order valence-electron chi connectivity index (χ3n) is 5.00. The lowest BCUT2D eigenvalue weighted by molar-refractivity contribution is -0.0184. The summed E-state index contributed by atoms with van der Waals surface area (Å²) in [4.78, 5) is 6.65. The van der Waals surface area contributed by atoms with Gasteiger partial charge in [0.15, 0.2) is 0 Å². The molecular formula is C18H20N2O2. The van der Waals surface area contributed by atoms with Crippen LogP contribution in [-0.4, -0.2) is 35.1 Å². The fraction of sp³-hybridized carbons (Fsp3) is 0.389. The number of hydrogen-bond acceptors (Lipinski definition) is 4. The van der Waals surface area contributed by atoms with E-state index in [2.05, 4.69) is 16.9 Å². The first kappa shape index (κ1) is 13.7. The molecular weight excluding hydrogens is 276 g/mol. The molecule has 0 spiro atoms. The van der Waals surface area contributed by atoms with Crippen LogP contribution in [0.3, 0.4) is 0 Å². The molecule has 0 radical (unpaired) electrons. The minimum Gasteiger partial charge on any atom is -0.438 e. The fourth-order valence-corrected chi connectivity index (χ4v) is 3.75. The molecule has 22 heavy (non-hydrogen) atoms. The summed E-state index contributed by atoms with van der Waals surface area (Å²) in [5.74, 6) is 1.43. The van der Waals surface area contributed by atoms with Gasteiger partial charge in [0.1, 0.15) is 11.4 Å². The molecule has 1 aromatic heterocycles. The molecule has 4 rings (SSSR count). The molecule has 0 amide bonds. The molecule has 1 fully saturated rings. The van der Waals surface area contributed by atoms with Crippen LogP contribution >= 0.6 is 0 Å².